The number of anilines is 1. The first kappa shape index (κ1) is 19.6. The summed E-state index contributed by atoms with van der Waals surface area (Å²) in [5, 5.41) is 2.34. The molecule has 3 amide bonds. The van der Waals surface area contributed by atoms with Crippen LogP contribution >= 0.6 is 11.6 Å². The van der Waals surface area contributed by atoms with Crippen LogP contribution in [0.2, 0.25) is 5.02 Å². The fourth-order valence-electron chi connectivity index (χ4n) is 1.89. The van der Waals surface area contributed by atoms with Crippen molar-refractivity contribution >= 4 is 29.2 Å². The summed E-state index contributed by atoms with van der Waals surface area (Å²) in [7, 11) is 0. The number of benzene rings is 2. The molecule has 0 aliphatic heterocycles. The predicted molar refractivity (Wildman–Crippen MR) is 79.3 cm³/mol. The topological polar surface area (TPSA) is 58.2 Å². The number of hydrogen-bond acceptors (Lipinski definition) is 2. The number of carbonyl (C=O) groups is 2. The summed E-state index contributed by atoms with van der Waals surface area (Å²) in [4.78, 5) is 23.3. The van der Waals surface area contributed by atoms with Gasteiger partial charge < -0.3 is 5.32 Å². The lowest BCUT2D eigenvalue weighted by Crippen LogP contribution is -2.35. The molecule has 2 rings (SSSR count). The Hall–Kier alpha value is -2.75. The van der Waals surface area contributed by atoms with E-state index in [-0.39, 0.29) is 6.07 Å². The highest BCUT2D eigenvalue weighted by atomic mass is 35.5. The molecule has 0 spiro atoms. The van der Waals surface area contributed by atoms with Crippen molar-refractivity contribution in [2.24, 2.45) is 0 Å². The van der Waals surface area contributed by atoms with Crippen molar-refractivity contribution in [1.82, 2.24) is 5.32 Å². The van der Waals surface area contributed by atoms with Crippen molar-refractivity contribution in [3.8, 4) is 0 Å². The van der Waals surface area contributed by atoms with Crippen LogP contribution in [-0.4, -0.2) is 11.9 Å². The molecule has 0 bridgehead atoms. The van der Waals surface area contributed by atoms with E-state index >= 15 is 0 Å². The molecular weight excluding hydrogens is 390 g/mol. The van der Waals surface area contributed by atoms with Crippen molar-refractivity contribution in [2.45, 2.75) is 6.18 Å². The fraction of sp³-hybridized carbons (Fsp3) is 0.0667. The van der Waals surface area contributed by atoms with Crippen LogP contribution in [0.1, 0.15) is 15.9 Å². The smallest absolute Gasteiger partial charge is 0.305 e. The zero-order chi connectivity index (χ0) is 19.6. The minimum absolute atomic E-state index is 0.0519. The van der Waals surface area contributed by atoms with Gasteiger partial charge in [-0.3, -0.25) is 10.1 Å². The molecule has 0 atom stereocenters. The lowest BCUT2D eigenvalue weighted by Gasteiger charge is -2.13. The summed E-state index contributed by atoms with van der Waals surface area (Å²) in [5.41, 5.74) is -3.30. The van der Waals surface area contributed by atoms with Gasteiger partial charge in [-0.2, -0.15) is 13.2 Å². The van der Waals surface area contributed by atoms with Crippen LogP contribution in [0.5, 0.6) is 0 Å². The first-order valence-corrected chi connectivity index (χ1v) is 7.01. The van der Waals surface area contributed by atoms with E-state index in [9.17, 15) is 35.9 Å². The Morgan fingerprint density at radius 2 is 1.54 bits per heavy atom. The highest BCUT2D eigenvalue weighted by Gasteiger charge is 2.34. The van der Waals surface area contributed by atoms with Gasteiger partial charge in [-0.1, -0.05) is 17.7 Å². The lowest BCUT2D eigenvalue weighted by atomic mass is 10.2. The quantitative estimate of drug-likeness (QED) is 0.720. The number of urea groups is 1. The van der Waals surface area contributed by atoms with Crippen LogP contribution in [0, 0.1) is 17.5 Å². The molecule has 138 valence electrons. The van der Waals surface area contributed by atoms with E-state index in [4.69, 9.17) is 11.6 Å². The van der Waals surface area contributed by atoms with Crippen LogP contribution in [0.25, 0.3) is 0 Å². The molecule has 0 saturated carbocycles. The summed E-state index contributed by atoms with van der Waals surface area (Å²) < 4.78 is 78.3. The van der Waals surface area contributed by atoms with Crippen molar-refractivity contribution in [3.05, 3.63) is 63.9 Å². The van der Waals surface area contributed by atoms with Crippen LogP contribution in [0.15, 0.2) is 30.3 Å². The fourth-order valence-corrected chi connectivity index (χ4v) is 2.16. The summed E-state index contributed by atoms with van der Waals surface area (Å²) in [6.07, 6.45) is -4.92. The number of carbonyl (C=O) groups excluding carboxylic acids is 2. The molecule has 0 aliphatic carbocycles. The monoisotopic (exact) mass is 396 g/mol. The predicted octanol–water partition coefficient (Wildman–Crippen LogP) is 4.74. The van der Waals surface area contributed by atoms with E-state index in [1.54, 1.807) is 5.32 Å². The number of nitrogens with one attached hydrogen (secondary N) is 2. The van der Waals surface area contributed by atoms with Gasteiger partial charge in [-0.15, -0.1) is 0 Å². The standard InChI is InChI=1S/C15H7ClF6N2O2/c16-7-5-11(10(19)4-6(7)15(20,21)22)23-14(26)24-13(25)12-8(17)2-1-3-9(12)18/h1-5H,(H2,23,24,25,26). The molecule has 11 heteroatoms. The Balaban J connectivity index is 2.18. The average molecular weight is 397 g/mol. The SMILES string of the molecule is O=C(NC(=O)c1c(F)cccc1F)Nc1cc(Cl)c(C(F)(F)F)cc1F. The molecule has 0 unspecified atom stereocenters. The zero-order valence-corrected chi connectivity index (χ0v) is 13.1. The van der Waals surface area contributed by atoms with E-state index in [0.717, 1.165) is 18.2 Å². The maximum absolute atomic E-state index is 13.7. The Kier molecular flexibility index (Phi) is 5.45. The largest absolute Gasteiger partial charge is 0.417 e. The van der Waals surface area contributed by atoms with Crippen molar-refractivity contribution < 1.29 is 35.9 Å². The van der Waals surface area contributed by atoms with Gasteiger partial charge in [0.2, 0.25) is 0 Å². The van der Waals surface area contributed by atoms with Gasteiger partial charge >= 0.3 is 12.2 Å². The third-order valence-corrected chi connectivity index (χ3v) is 3.34. The average Bonchev–Trinajstić information content (AvgIpc) is 2.49. The number of imide groups is 1. The summed E-state index contributed by atoms with van der Waals surface area (Å²) in [5.74, 6) is -5.46. The third-order valence-electron chi connectivity index (χ3n) is 3.03. The summed E-state index contributed by atoms with van der Waals surface area (Å²) in [6, 6.07) is 1.62. The van der Waals surface area contributed by atoms with Gasteiger partial charge in [0.05, 0.1) is 16.3 Å². The van der Waals surface area contributed by atoms with E-state index in [2.05, 4.69) is 0 Å². The number of halogens is 7. The number of amides is 3. The highest BCUT2D eigenvalue weighted by molar-refractivity contribution is 6.31. The number of alkyl halides is 3. The molecule has 4 nitrogen and oxygen atoms in total. The Morgan fingerprint density at radius 3 is 2.08 bits per heavy atom. The van der Waals surface area contributed by atoms with Crippen molar-refractivity contribution in [2.75, 3.05) is 5.32 Å². The zero-order valence-electron chi connectivity index (χ0n) is 12.3. The molecule has 0 saturated heterocycles. The van der Waals surface area contributed by atoms with Crippen molar-refractivity contribution in [3.63, 3.8) is 0 Å². The third kappa shape index (κ3) is 4.26. The molecule has 0 fully saturated rings. The molecule has 0 aliphatic rings. The highest BCUT2D eigenvalue weighted by Crippen LogP contribution is 2.37. The van der Waals surface area contributed by atoms with E-state index in [1.165, 1.54) is 5.32 Å². The minimum Gasteiger partial charge on any atom is -0.305 e. The minimum atomic E-state index is -4.92. The normalized spacial score (nSPS) is 11.2. The summed E-state index contributed by atoms with van der Waals surface area (Å²) in [6.45, 7) is 0. The lowest BCUT2D eigenvalue weighted by molar-refractivity contribution is -0.137. The first-order valence-electron chi connectivity index (χ1n) is 6.63. The van der Waals surface area contributed by atoms with Gasteiger partial charge in [0.15, 0.2) is 0 Å². The number of rotatable bonds is 2. The van der Waals surface area contributed by atoms with Crippen molar-refractivity contribution in [1.29, 1.82) is 0 Å². The molecule has 2 N–H and O–H groups in total. The maximum atomic E-state index is 13.7. The molecule has 26 heavy (non-hydrogen) atoms. The molecule has 2 aromatic rings. The second-order valence-corrected chi connectivity index (χ2v) is 5.22. The van der Waals surface area contributed by atoms with Crippen LogP contribution in [-0.2, 0) is 6.18 Å². The van der Waals surface area contributed by atoms with Crippen LogP contribution in [0.3, 0.4) is 0 Å². The van der Waals surface area contributed by atoms with Gasteiger partial charge in [0.1, 0.15) is 23.0 Å². The van der Waals surface area contributed by atoms with Gasteiger partial charge in [0.25, 0.3) is 5.91 Å². The molecule has 0 radical (unpaired) electrons. The number of hydrogen-bond donors (Lipinski definition) is 2. The molecule has 0 heterocycles. The van der Waals surface area contributed by atoms with E-state index in [0.29, 0.717) is 6.07 Å². The van der Waals surface area contributed by atoms with Gasteiger partial charge in [-0.25, -0.2) is 18.0 Å². The second-order valence-electron chi connectivity index (χ2n) is 4.81. The van der Waals surface area contributed by atoms with Gasteiger partial charge in [-0.05, 0) is 24.3 Å². The Bertz CT molecular complexity index is 865. The summed E-state index contributed by atoms with van der Waals surface area (Å²) >= 11 is 5.39. The van der Waals surface area contributed by atoms with Crippen LogP contribution in [0.4, 0.5) is 36.8 Å². The molecular formula is C15H7ClF6N2O2. The molecule has 2 aromatic carbocycles. The van der Waals surface area contributed by atoms with E-state index in [1.807, 2.05) is 0 Å². The van der Waals surface area contributed by atoms with E-state index < -0.39 is 57.4 Å². The maximum Gasteiger partial charge on any atom is 0.417 e. The Labute approximate surface area is 146 Å². The molecule has 0 aromatic heterocycles. The van der Waals surface area contributed by atoms with Crippen LogP contribution < -0.4 is 10.6 Å². The van der Waals surface area contributed by atoms with Gasteiger partial charge in [0, 0.05) is 0 Å². The Morgan fingerprint density at radius 1 is 0.962 bits per heavy atom. The first-order chi connectivity index (χ1) is 12.0. The second kappa shape index (κ2) is 7.24.